The quantitative estimate of drug-likeness (QED) is 0.661. The second kappa shape index (κ2) is 5.91. The van der Waals surface area contributed by atoms with Crippen molar-refractivity contribution in [3.63, 3.8) is 0 Å². The van der Waals surface area contributed by atoms with Gasteiger partial charge in [-0.15, -0.1) is 11.3 Å². The van der Waals surface area contributed by atoms with E-state index in [0.29, 0.717) is 10.0 Å². The van der Waals surface area contributed by atoms with Crippen LogP contribution in [-0.4, -0.2) is 8.42 Å². The lowest BCUT2D eigenvalue weighted by Gasteiger charge is -2.08. The molecule has 1 heterocycles. The van der Waals surface area contributed by atoms with Gasteiger partial charge in [0.1, 0.15) is 13.6 Å². The summed E-state index contributed by atoms with van der Waals surface area (Å²) in [6.45, 7) is 0. The second-order valence-corrected chi connectivity index (χ2v) is 8.96. The summed E-state index contributed by atoms with van der Waals surface area (Å²) < 4.78 is 28.4. The molecule has 0 saturated heterocycles. The molecule has 0 unspecified atom stereocenters. The van der Waals surface area contributed by atoms with Gasteiger partial charge in [0.2, 0.25) is 0 Å². The van der Waals surface area contributed by atoms with Gasteiger partial charge in [-0.3, -0.25) is 4.72 Å². The van der Waals surface area contributed by atoms with Gasteiger partial charge in [-0.25, -0.2) is 8.42 Å². The molecular formula is C10H5Br2Cl2NO2S2. The molecule has 0 aliphatic rings. The van der Waals surface area contributed by atoms with E-state index < -0.39 is 10.0 Å². The zero-order valence-electron chi connectivity index (χ0n) is 8.95. The Morgan fingerprint density at radius 3 is 2.37 bits per heavy atom. The Hall–Kier alpha value is 0.210. The Kier molecular flexibility index (Phi) is 4.85. The molecule has 0 fully saturated rings. The molecule has 9 heteroatoms. The molecule has 1 aromatic heterocycles. The predicted molar refractivity (Wildman–Crippen MR) is 87.0 cm³/mol. The number of anilines is 1. The van der Waals surface area contributed by atoms with Crippen LogP contribution in [0.1, 0.15) is 0 Å². The fourth-order valence-electron chi connectivity index (χ4n) is 1.33. The molecule has 3 nitrogen and oxygen atoms in total. The first-order chi connectivity index (χ1) is 8.81. The van der Waals surface area contributed by atoms with E-state index in [2.05, 4.69) is 36.6 Å². The smallest absolute Gasteiger partial charge is 0.265 e. The zero-order chi connectivity index (χ0) is 14.2. The van der Waals surface area contributed by atoms with Crippen molar-refractivity contribution < 1.29 is 8.42 Å². The van der Waals surface area contributed by atoms with Crippen molar-refractivity contribution in [1.29, 1.82) is 0 Å². The number of nitrogens with one attached hydrogen (secondary N) is 1. The van der Waals surface area contributed by atoms with E-state index in [1.54, 1.807) is 24.3 Å². The largest absolute Gasteiger partial charge is 0.279 e. The van der Waals surface area contributed by atoms with Crippen LogP contribution in [0.2, 0.25) is 8.67 Å². The highest BCUT2D eigenvalue weighted by Gasteiger charge is 2.26. The Bertz CT molecular complexity index is 731. The molecule has 2 aromatic rings. The predicted octanol–water partition coefficient (Wildman–Crippen LogP) is 5.38. The molecule has 0 atom stereocenters. The first-order valence-electron chi connectivity index (χ1n) is 4.73. The first kappa shape index (κ1) is 15.6. The average molecular weight is 466 g/mol. The maximum atomic E-state index is 12.3. The minimum absolute atomic E-state index is 0.0517. The van der Waals surface area contributed by atoms with Gasteiger partial charge < -0.3 is 0 Å². The van der Waals surface area contributed by atoms with Crippen LogP contribution in [0.3, 0.4) is 0 Å². The van der Waals surface area contributed by atoms with Gasteiger partial charge in [0.25, 0.3) is 10.0 Å². The van der Waals surface area contributed by atoms with Gasteiger partial charge in [0.15, 0.2) is 0 Å². The number of sulfonamides is 1. The number of halogens is 4. The summed E-state index contributed by atoms with van der Waals surface area (Å²) in [6, 6.07) is 6.80. The van der Waals surface area contributed by atoms with Crippen LogP contribution in [0.15, 0.2) is 38.1 Å². The van der Waals surface area contributed by atoms with Gasteiger partial charge in [0, 0.05) is 10.2 Å². The maximum Gasteiger partial charge on any atom is 0.265 e. The molecule has 0 aliphatic carbocycles. The van der Waals surface area contributed by atoms with Gasteiger partial charge in [0.05, 0.1) is 4.47 Å². The van der Waals surface area contributed by atoms with Crippen molar-refractivity contribution in [3.05, 3.63) is 41.9 Å². The van der Waals surface area contributed by atoms with Crippen molar-refractivity contribution in [1.82, 2.24) is 0 Å². The number of benzene rings is 1. The first-order valence-corrected chi connectivity index (χ1v) is 9.37. The molecule has 0 bridgehead atoms. The van der Waals surface area contributed by atoms with Crippen LogP contribution >= 0.6 is 66.4 Å². The lowest BCUT2D eigenvalue weighted by atomic mass is 10.3. The molecule has 1 N–H and O–H groups in total. The third kappa shape index (κ3) is 3.46. The standard InChI is InChI=1S/C10H5Br2Cl2NO2S2/c11-5-2-1-3-6(4-5)15-19(16,17)8-7(12)9(13)18-10(8)14/h1-4,15H. The lowest BCUT2D eigenvalue weighted by molar-refractivity contribution is 0.601. The molecule has 2 rings (SSSR count). The third-order valence-electron chi connectivity index (χ3n) is 2.08. The van der Waals surface area contributed by atoms with Crippen molar-refractivity contribution in [2.24, 2.45) is 0 Å². The van der Waals surface area contributed by atoms with Crippen molar-refractivity contribution >= 4 is 82.1 Å². The Morgan fingerprint density at radius 2 is 1.84 bits per heavy atom. The Labute approximate surface area is 141 Å². The van der Waals surface area contributed by atoms with E-state index in [9.17, 15) is 8.42 Å². The molecular weight excluding hydrogens is 461 g/mol. The summed E-state index contributed by atoms with van der Waals surface area (Å²) in [5.74, 6) is 0. The zero-order valence-corrected chi connectivity index (χ0v) is 15.3. The molecule has 0 spiro atoms. The molecule has 102 valence electrons. The summed E-state index contributed by atoms with van der Waals surface area (Å²) in [7, 11) is -3.79. The second-order valence-electron chi connectivity index (χ2n) is 3.41. The van der Waals surface area contributed by atoms with E-state index >= 15 is 0 Å². The number of rotatable bonds is 3. The van der Waals surface area contributed by atoms with Gasteiger partial charge in [-0.2, -0.15) is 0 Å². The molecule has 0 amide bonds. The highest BCUT2D eigenvalue weighted by Crippen LogP contribution is 2.43. The van der Waals surface area contributed by atoms with E-state index in [1.165, 1.54) is 0 Å². The third-order valence-corrected chi connectivity index (χ3v) is 7.41. The Morgan fingerprint density at radius 1 is 1.16 bits per heavy atom. The van der Waals surface area contributed by atoms with Crippen LogP contribution in [0, 0.1) is 0 Å². The van der Waals surface area contributed by atoms with Crippen molar-refractivity contribution in [2.45, 2.75) is 4.90 Å². The van der Waals surface area contributed by atoms with Gasteiger partial charge in [-0.1, -0.05) is 45.2 Å². The molecule has 19 heavy (non-hydrogen) atoms. The highest BCUT2D eigenvalue weighted by atomic mass is 79.9. The number of thiophene rings is 1. The lowest BCUT2D eigenvalue weighted by Crippen LogP contribution is -2.13. The summed E-state index contributed by atoms with van der Waals surface area (Å²) in [6.07, 6.45) is 0. The van der Waals surface area contributed by atoms with E-state index in [-0.39, 0.29) is 13.7 Å². The minimum Gasteiger partial charge on any atom is -0.279 e. The van der Waals surface area contributed by atoms with Crippen molar-refractivity contribution in [3.8, 4) is 0 Å². The van der Waals surface area contributed by atoms with Crippen LogP contribution in [0.5, 0.6) is 0 Å². The van der Waals surface area contributed by atoms with Crippen LogP contribution in [-0.2, 0) is 10.0 Å². The number of hydrogen-bond donors (Lipinski definition) is 1. The Balaban J connectivity index is 2.44. The van der Waals surface area contributed by atoms with E-state index in [4.69, 9.17) is 23.2 Å². The topological polar surface area (TPSA) is 46.2 Å². The van der Waals surface area contributed by atoms with Gasteiger partial charge >= 0.3 is 0 Å². The summed E-state index contributed by atoms with van der Waals surface area (Å²) in [4.78, 5) is -0.0517. The monoisotopic (exact) mass is 463 g/mol. The average Bonchev–Trinajstić information content (AvgIpc) is 2.52. The van der Waals surface area contributed by atoms with Crippen LogP contribution < -0.4 is 4.72 Å². The highest BCUT2D eigenvalue weighted by molar-refractivity contribution is 9.10. The molecule has 0 aliphatic heterocycles. The summed E-state index contributed by atoms with van der Waals surface area (Å²) in [5, 5.41) is 0. The van der Waals surface area contributed by atoms with E-state index in [0.717, 1.165) is 15.8 Å². The fourth-order valence-corrected chi connectivity index (χ4v) is 6.33. The summed E-state index contributed by atoms with van der Waals surface area (Å²) in [5.41, 5.74) is 0.430. The number of hydrogen-bond acceptors (Lipinski definition) is 3. The van der Waals surface area contributed by atoms with Gasteiger partial charge in [-0.05, 0) is 34.1 Å². The molecule has 0 radical (unpaired) electrons. The SMILES string of the molecule is O=S(=O)(Nc1cccc(Br)c1)c1c(Cl)sc(Cl)c1Br. The molecule has 0 saturated carbocycles. The normalized spacial score (nSPS) is 11.6. The summed E-state index contributed by atoms with van der Waals surface area (Å²) >= 11 is 19.2. The van der Waals surface area contributed by atoms with Crippen LogP contribution in [0.25, 0.3) is 0 Å². The van der Waals surface area contributed by atoms with Crippen molar-refractivity contribution in [2.75, 3.05) is 4.72 Å². The fraction of sp³-hybridized carbons (Fsp3) is 0. The maximum absolute atomic E-state index is 12.3. The minimum atomic E-state index is -3.79. The van der Waals surface area contributed by atoms with E-state index in [1.807, 2.05) is 0 Å². The van der Waals surface area contributed by atoms with Crippen LogP contribution in [0.4, 0.5) is 5.69 Å². The molecule has 1 aromatic carbocycles.